The van der Waals surface area contributed by atoms with Crippen molar-refractivity contribution in [2.45, 2.75) is 12.0 Å². The quantitative estimate of drug-likeness (QED) is 0.518. The number of nitrogens with one attached hydrogen (secondary N) is 1. The van der Waals surface area contributed by atoms with E-state index in [4.69, 9.17) is 4.74 Å². The lowest BCUT2D eigenvalue weighted by Gasteiger charge is -2.37. The molecule has 2 rings (SSSR count). The number of hydrogen-bond acceptors (Lipinski definition) is 3. The van der Waals surface area contributed by atoms with Crippen LogP contribution < -0.4 is 5.32 Å². The molecule has 0 radical (unpaired) electrons. The minimum atomic E-state index is -0.218. The van der Waals surface area contributed by atoms with Gasteiger partial charge in [-0.1, -0.05) is 0 Å². The Morgan fingerprint density at radius 3 is 3.08 bits per heavy atom. The van der Waals surface area contributed by atoms with Crippen molar-refractivity contribution >= 4 is 5.91 Å². The summed E-state index contributed by atoms with van der Waals surface area (Å²) in [6, 6.07) is 0. The minimum Gasteiger partial charge on any atom is -0.370 e. The Bertz CT molecular complexity index is 207. The first-order chi connectivity index (χ1) is 5.70. The van der Waals surface area contributed by atoms with Crippen molar-refractivity contribution in [3.05, 3.63) is 0 Å². The first kappa shape index (κ1) is 8.01. The van der Waals surface area contributed by atoms with E-state index in [0.29, 0.717) is 13.0 Å². The van der Waals surface area contributed by atoms with E-state index >= 15 is 0 Å². The minimum absolute atomic E-state index is 0.116. The number of nitrogens with zero attached hydrogens (tertiary/aromatic N) is 1. The standard InChI is InChI=1S/C8H14N2O2/c1-10-2-3-12-8(6-10)4-7(11)9-5-8/h2-6H2,1H3,(H,9,11). The summed E-state index contributed by atoms with van der Waals surface area (Å²) >= 11 is 0. The maximum Gasteiger partial charge on any atom is 0.223 e. The van der Waals surface area contributed by atoms with Crippen LogP contribution in [0.2, 0.25) is 0 Å². The van der Waals surface area contributed by atoms with E-state index in [2.05, 4.69) is 17.3 Å². The highest BCUT2D eigenvalue weighted by atomic mass is 16.5. The lowest BCUT2D eigenvalue weighted by Crippen LogP contribution is -2.51. The molecule has 2 fully saturated rings. The molecule has 0 aromatic heterocycles. The van der Waals surface area contributed by atoms with Crippen LogP contribution in [0.15, 0.2) is 0 Å². The summed E-state index contributed by atoms with van der Waals surface area (Å²) in [7, 11) is 2.06. The molecule has 0 aromatic rings. The molecule has 2 aliphatic heterocycles. The molecule has 1 N–H and O–H groups in total. The predicted molar refractivity (Wildman–Crippen MR) is 43.8 cm³/mol. The number of amides is 1. The maximum absolute atomic E-state index is 11.0. The molecule has 0 saturated carbocycles. The van der Waals surface area contributed by atoms with Gasteiger partial charge in [0, 0.05) is 19.6 Å². The molecule has 0 aliphatic carbocycles. The van der Waals surface area contributed by atoms with Crippen LogP contribution >= 0.6 is 0 Å². The van der Waals surface area contributed by atoms with Gasteiger partial charge in [0.05, 0.1) is 13.0 Å². The van der Waals surface area contributed by atoms with Gasteiger partial charge in [-0.25, -0.2) is 0 Å². The number of carbonyl (C=O) groups is 1. The lowest BCUT2D eigenvalue weighted by atomic mass is 10.0. The second-order valence-electron chi connectivity index (χ2n) is 3.72. The van der Waals surface area contributed by atoms with E-state index in [0.717, 1.165) is 19.7 Å². The fraction of sp³-hybridized carbons (Fsp3) is 0.875. The number of hydrogen-bond donors (Lipinski definition) is 1. The molecule has 1 spiro atoms. The van der Waals surface area contributed by atoms with Crippen LogP contribution in [0.5, 0.6) is 0 Å². The summed E-state index contributed by atoms with van der Waals surface area (Å²) in [6.45, 7) is 3.25. The van der Waals surface area contributed by atoms with Gasteiger partial charge in [0.25, 0.3) is 0 Å². The van der Waals surface area contributed by atoms with Crippen molar-refractivity contribution in [2.24, 2.45) is 0 Å². The number of likely N-dealkylation sites (N-methyl/N-ethyl adjacent to an activating group) is 1. The average Bonchev–Trinajstić information content (AvgIpc) is 2.32. The summed E-state index contributed by atoms with van der Waals surface area (Å²) in [4.78, 5) is 13.2. The van der Waals surface area contributed by atoms with Crippen molar-refractivity contribution in [1.82, 2.24) is 10.2 Å². The molecule has 0 aromatic carbocycles. The first-order valence-electron chi connectivity index (χ1n) is 4.29. The van der Waals surface area contributed by atoms with Crippen LogP contribution in [0.25, 0.3) is 0 Å². The van der Waals surface area contributed by atoms with Crippen LogP contribution in [0.3, 0.4) is 0 Å². The van der Waals surface area contributed by atoms with Gasteiger partial charge in [-0.05, 0) is 7.05 Å². The molecule has 2 heterocycles. The SMILES string of the molecule is CN1CCOC2(CNC(=O)C2)C1. The fourth-order valence-corrected chi connectivity index (χ4v) is 1.93. The van der Waals surface area contributed by atoms with Gasteiger partial charge in [0.2, 0.25) is 5.91 Å². The highest BCUT2D eigenvalue weighted by molar-refractivity contribution is 5.79. The Hall–Kier alpha value is -0.610. The number of ether oxygens (including phenoxy) is 1. The largest absolute Gasteiger partial charge is 0.370 e. The maximum atomic E-state index is 11.0. The molecule has 12 heavy (non-hydrogen) atoms. The Balaban J connectivity index is 2.05. The molecule has 4 heteroatoms. The monoisotopic (exact) mass is 170 g/mol. The zero-order valence-corrected chi connectivity index (χ0v) is 7.30. The molecular formula is C8H14N2O2. The smallest absolute Gasteiger partial charge is 0.223 e. The van der Waals surface area contributed by atoms with Crippen LogP contribution in [0, 0.1) is 0 Å². The third-order valence-corrected chi connectivity index (χ3v) is 2.53. The van der Waals surface area contributed by atoms with Crippen molar-refractivity contribution in [2.75, 3.05) is 33.3 Å². The zero-order chi connectivity index (χ0) is 8.60. The Labute approximate surface area is 71.9 Å². The third-order valence-electron chi connectivity index (χ3n) is 2.53. The molecular weight excluding hydrogens is 156 g/mol. The van der Waals surface area contributed by atoms with Crippen LogP contribution in [0.4, 0.5) is 0 Å². The predicted octanol–water partition coefficient (Wildman–Crippen LogP) is -0.793. The van der Waals surface area contributed by atoms with Gasteiger partial charge < -0.3 is 15.0 Å². The van der Waals surface area contributed by atoms with Gasteiger partial charge in [-0.2, -0.15) is 0 Å². The lowest BCUT2D eigenvalue weighted by molar-refractivity contribution is -0.124. The van der Waals surface area contributed by atoms with Crippen LogP contribution in [-0.2, 0) is 9.53 Å². The second kappa shape index (κ2) is 2.71. The highest BCUT2D eigenvalue weighted by Gasteiger charge is 2.42. The average molecular weight is 170 g/mol. The first-order valence-corrected chi connectivity index (χ1v) is 4.29. The van der Waals surface area contributed by atoms with E-state index in [1.165, 1.54) is 0 Å². The molecule has 0 bridgehead atoms. The van der Waals surface area contributed by atoms with Crippen molar-refractivity contribution < 1.29 is 9.53 Å². The molecule has 1 atom stereocenters. The molecule has 2 aliphatic rings. The molecule has 1 unspecified atom stereocenters. The number of carbonyl (C=O) groups excluding carboxylic acids is 1. The molecule has 2 saturated heterocycles. The molecule has 4 nitrogen and oxygen atoms in total. The number of rotatable bonds is 0. The fourth-order valence-electron chi connectivity index (χ4n) is 1.93. The van der Waals surface area contributed by atoms with E-state index in [9.17, 15) is 4.79 Å². The summed E-state index contributed by atoms with van der Waals surface area (Å²) < 4.78 is 5.64. The van der Waals surface area contributed by atoms with Crippen molar-refractivity contribution in [3.63, 3.8) is 0 Å². The summed E-state index contributed by atoms with van der Waals surface area (Å²) in [5.74, 6) is 0.116. The highest BCUT2D eigenvalue weighted by Crippen LogP contribution is 2.24. The van der Waals surface area contributed by atoms with Gasteiger partial charge in [-0.15, -0.1) is 0 Å². The topological polar surface area (TPSA) is 41.6 Å². The van der Waals surface area contributed by atoms with Gasteiger partial charge in [-0.3, -0.25) is 4.79 Å². The van der Waals surface area contributed by atoms with Gasteiger partial charge >= 0.3 is 0 Å². The third kappa shape index (κ3) is 1.32. The summed E-state index contributed by atoms with van der Waals surface area (Å²) in [5.41, 5.74) is -0.218. The zero-order valence-electron chi connectivity index (χ0n) is 7.30. The summed E-state index contributed by atoms with van der Waals surface area (Å²) in [6.07, 6.45) is 0.525. The number of morpholine rings is 1. The van der Waals surface area contributed by atoms with E-state index in [1.807, 2.05) is 0 Å². The van der Waals surface area contributed by atoms with Crippen molar-refractivity contribution in [1.29, 1.82) is 0 Å². The second-order valence-corrected chi connectivity index (χ2v) is 3.72. The van der Waals surface area contributed by atoms with E-state index in [-0.39, 0.29) is 11.5 Å². The van der Waals surface area contributed by atoms with Crippen LogP contribution in [0.1, 0.15) is 6.42 Å². The summed E-state index contributed by atoms with van der Waals surface area (Å²) in [5, 5.41) is 2.81. The van der Waals surface area contributed by atoms with Gasteiger partial charge in [0.1, 0.15) is 5.60 Å². The Morgan fingerprint density at radius 2 is 2.50 bits per heavy atom. The van der Waals surface area contributed by atoms with E-state index < -0.39 is 0 Å². The molecule has 68 valence electrons. The Kier molecular flexibility index (Phi) is 1.81. The van der Waals surface area contributed by atoms with E-state index in [1.54, 1.807) is 0 Å². The van der Waals surface area contributed by atoms with Gasteiger partial charge in [0.15, 0.2) is 0 Å². The molecule has 1 amide bonds. The van der Waals surface area contributed by atoms with Crippen molar-refractivity contribution in [3.8, 4) is 0 Å². The van der Waals surface area contributed by atoms with Crippen LogP contribution in [-0.4, -0.2) is 49.7 Å². The Morgan fingerprint density at radius 1 is 1.67 bits per heavy atom. The normalized spacial score (nSPS) is 37.2.